The molecule has 0 radical (unpaired) electrons. The molecule has 2 aromatic rings. The van der Waals surface area contributed by atoms with Crippen molar-refractivity contribution < 1.29 is 23.9 Å². The standard InChI is InChI=1S/C21H18O5/c1-25-20(23)17-15-11-7-3-5-9-13(11)19(22)14-10-6-4-8-12(14)16(15)18(17)21(24)26-2/h3-10,15-18H,1-2H3/t15-,16+,17-,18+. The average molecular weight is 350 g/mol. The van der Waals surface area contributed by atoms with E-state index in [1.165, 1.54) is 14.2 Å². The third-order valence-corrected chi connectivity index (χ3v) is 5.62. The topological polar surface area (TPSA) is 69.7 Å². The molecule has 1 saturated carbocycles. The number of hydrogen-bond acceptors (Lipinski definition) is 5. The van der Waals surface area contributed by atoms with Gasteiger partial charge in [-0.25, -0.2) is 0 Å². The van der Waals surface area contributed by atoms with E-state index in [2.05, 4.69) is 0 Å². The van der Waals surface area contributed by atoms with Crippen molar-refractivity contribution in [2.45, 2.75) is 11.8 Å². The lowest BCUT2D eigenvalue weighted by Gasteiger charge is -2.49. The molecule has 132 valence electrons. The normalized spacial score (nSPS) is 25.7. The number of benzene rings is 2. The molecule has 0 unspecified atom stereocenters. The molecule has 0 aliphatic heterocycles. The number of ketones is 1. The van der Waals surface area contributed by atoms with Gasteiger partial charge in [-0.2, -0.15) is 0 Å². The zero-order chi connectivity index (χ0) is 18.4. The van der Waals surface area contributed by atoms with E-state index >= 15 is 0 Å². The van der Waals surface area contributed by atoms with E-state index in [1.54, 1.807) is 12.1 Å². The molecule has 2 aliphatic rings. The fraction of sp³-hybridized carbons (Fsp3) is 0.286. The highest BCUT2D eigenvalue weighted by Gasteiger charge is 2.61. The zero-order valence-electron chi connectivity index (χ0n) is 14.5. The maximum absolute atomic E-state index is 13.1. The predicted octanol–water partition coefficient (Wildman–Crippen LogP) is 2.69. The molecule has 2 aliphatic carbocycles. The van der Waals surface area contributed by atoms with Crippen LogP contribution in [0.15, 0.2) is 48.5 Å². The Morgan fingerprint density at radius 2 is 1.12 bits per heavy atom. The lowest BCUT2D eigenvalue weighted by molar-refractivity contribution is -0.168. The summed E-state index contributed by atoms with van der Waals surface area (Å²) in [4.78, 5) is 38.1. The SMILES string of the molecule is COC(=O)[C@@H]1[C@H](C(=O)OC)[C@@H]2c3ccccc3C(=O)c3ccccc3[C@H]12. The van der Waals surface area contributed by atoms with Crippen LogP contribution in [-0.2, 0) is 19.1 Å². The van der Waals surface area contributed by atoms with Crippen molar-refractivity contribution in [1.29, 1.82) is 0 Å². The molecule has 0 spiro atoms. The monoisotopic (exact) mass is 350 g/mol. The molecule has 5 nitrogen and oxygen atoms in total. The maximum atomic E-state index is 13.1. The second-order valence-corrected chi connectivity index (χ2v) is 6.65. The molecule has 1 fully saturated rings. The number of fused-ring (bicyclic) bond motifs is 5. The van der Waals surface area contributed by atoms with Crippen LogP contribution >= 0.6 is 0 Å². The van der Waals surface area contributed by atoms with Gasteiger partial charge in [0.05, 0.1) is 26.1 Å². The Hall–Kier alpha value is -2.95. The van der Waals surface area contributed by atoms with Crippen LogP contribution in [0.3, 0.4) is 0 Å². The first-order chi connectivity index (χ1) is 12.6. The highest BCUT2D eigenvalue weighted by Crippen LogP contribution is 2.61. The fourth-order valence-corrected chi connectivity index (χ4v) is 4.51. The largest absolute Gasteiger partial charge is 0.469 e. The molecule has 4 rings (SSSR count). The van der Waals surface area contributed by atoms with Crippen LogP contribution in [0.25, 0.3) is 0 Å². The smallest absolute Gasteiger partial charge is 0.310 e. The molecule has 0 amide bonds. The van der Waals surface area contributed by atoms with Gasteiger partial charge in [0.15, 0.2) is 5.78 Å². The third-order valence-electron chi connectivity index (χ3n) is 5.62. The third kappa shape index (κ3) is 2.13. The van der Waals surface area contributed by atoms with Crippen molar-refractivity contribution >= 4 is 17.7 Å². The van der Waals surface area contributed by atoms with E-state index in [1.807, 2.05) is 36.4 Å². The van der Waals surface area contributed by atoms with E-state index in [4.69, 9.17) is 9.47 Å². The van der Waals surface area contributed by atoms with Crippen LogP contribution < -0.4 is 0 Å². The molecular weight excluding hydrogens is 332 g/mol. The minimum Gasteiger partial charge on any atom is -0.469 e. The molecule has 0 aromatic heterocycles. The minimum atomic E-state index is -0.669. The van der Waals surface area contributed by atoms with E-state index in [9.17, 15) is 14.4 Å². The first-order valence-corrected chi connectivity index (χ1v) is 8.48. The summed E-state index contributed by atoms with van der Waals surface area (Å²) in [7, 11) is 2.62. The van der Waals surface area contributed by atoms with Crippen molar-refractivity contribution in [3.63, 3.8) is 0 Å². The average Bonchev–Trinajstić information content (AvgIpc) is 2.74. The second kappa shape index (κ2) is 6.09. The van der Waals surface area contributed by atoms with Gasteiger partial charge >= 0.3 is 11.9 Å². The molecule has 0 heterocycles. The van der Waals surface area contributed by atoms with Crippen LogP contribution in [0, 0.1) is 11.8 Å². The Kier molecular flexibility index (Phi) is 3.87. The summed E-state index contributed by atoms with van der Waals surface area (Å²) >= 11 is 0. The van der Waals surface area contributed by atoms with E-state index < -0.39 is 23.8 Å². The highest BCUT2D eigenvalue weighted by atomic mass is 16.5. The molecule has 0 saturated heterocycles. The molecule has 4 atom stereocenters. The Morgan fingerprint density at radius 3 is 1.50 bits per heavy atom. The van der Waals surface area contributed by atoms with E-state index in [-0.39, 0.29) is 17.6 Å². The summed E-state index contributed by atoms with van der Waals surface area (Å²) in [6, 6.07) is 14.6. The molecule has 2 aromatic carbocycles. The van der Waals surface area contributed by atoms with Crippen molar-refractivity contribution in [2.75, 3.05) is 14.2 Å². The van der Waals surface area contributed by atoms with Crippen molar-refractivity contribution in [3.8, 4) is 0 Å². The number of rotatable bonds is 2. The summed E-state index contributed by atoms with van der Waals surface area (Å²) < 4.78 is 9.93. The number of ether oxygens (including phenoxy) is 2. The van der Waals surface area contributed by atoms with Gasteiger partial charge in [0.1, 0.15) is 0 Å². The number of esters is 2. The van der Waals surface area contributed by atoms with Crippen molar-refractivity contribution in [3.05, 3.63) is 70.8 Å². The highest BCUT2D eigenvalue weighted by molar-refractivity contribution is 6.12. The van der Waals surface area contributed by atoms with Crippen LogP contribution in [0.1, 0.15) is 38.9 Å². The van der Waals surface area contributed by atoms with Gasteiger partial charge in [-0.1, -0.05) is 48.5 Å². The molecule has 26 heavy (non-hydrogen) atoms. The quantitative estimate of drug-likeness (QED) is 0.779. The first kappa shape index (κ1) is 16.5. The predicted molar refractivity (Wildman–Crippen MR) is 92.8 cm³/mol. The first-order valence-electron chi connectivity index (χ1n) is 8.48. The van der Waals surface area contributed by atoms with Gasteiger partial charge in [-0.3, -0.25) is 14.4 Å². The molecule has 0 N–H and O–H groups in total. The Balaban J connectivity index is 1.97. The minimum absolute atomic E-state index is 0.0853. The van der Waals surface area contributed by atoms with E-state index in [0.29, 0.717) is 11.1 Å². The van der Waals surface area contributed by atoms with Gasteiger partial charge in [-0.05, 0) is 11.1 Å². The lowest BCUT2D eigenvalue weighted by Crippen LogP contribution is -2.52. The fourth-order valence-electron chi connectivity index (χ4n) is 4.51. The van der Waals surface area contributed by atoms with Gasteiger partial charge in [0.2, 0.25) is 0 Å². The summed E-state index contributed by atoms with van der Waals surface area (Å²) in [5.41, 5.74) is 2.72. The van der Waals surface area contributed by atoms with Crippen LogP contribution in [0.5, 0.6) is 0 Å². The molecule has 0 bridgehead atoms. The Labute approximate surface area is 150 Å². The summed E-state index contributed by atoms with van der Waals surface area (Å²) in [6.07, 6.45) is 0. The number of carbonyl (C=O) groups is 3. The number of carbonyl (C=O) groups excluding carboxylic acids is 3. The summed E-state index contributed by atoms with van der Waals surface area (Å²) in [5, 5.41) is 0. The van der Waals surface area contributed by atoms with Crippen LogP contribution in [0.2, 0.25) is 0 Å². The molecular formula is C21H18O5. The van der Waals surface area contributed by atoms with Gasteiger partial charge in [0.25, 0.3) is 0 Å². The summed E-state index contributed by atoms with van der Waals surface area (Å²) in [5.74, 6) is -2.93. The Morgan fingerprint density at radius 1 is 0.731 bits per heavy atom. The number of hydrogen-bond donors (Lipinski definition) is 0. The zero-order valence-corrected chi connectivity index (χ0v) is 14.5. The van der Waals surface area contributed by atoms with Gasteiger partial charge in [-0.15, -0.1) is 0 Å². The molecule has 5 heteroatoms. The Bertz CT molecular complexity index is 843. The van der Waals surface area contributed by atoms with Gasteiger partial charge < -0.3 is 9.47 Å². The maximum Gasteiger partial charge on any atom is 0.310 e. The second-order valence-electron chi connectivity index (χ2n) is 6.65. The summed E-state index contributed by atoms with van der Waals surface area (Å²) in [6.45, 7) is 0. The van der Waals surface area contributed by atoms with Gasteiger partial charge in [0, 0.05) is 23.0 Å². The van der Waals surface area contributed by atoms with Crippen LogP contribution in [0.4, 0.5) is 0 Å². The van der Waals surface area contributed by atoms with Crippen molar-refractivity contribution in [1.82, 2.24) is 0 Å². The van der Waals surface area contributed by atoms with E-state index in [0.717, 1.165) is 11.1 Å². The number of methoxy groups -OCH3 is 2. The van der Waals surface area contributed by atoms with Crippen LogP contribution in [-0.4, -0.2) is 31.9 Å². The lowest BCUT2D eigenvalue weighted by atomic mass is 9.52. The van der Waals surface area contributed by atoms with Crippen molar-refractivity contribution in [2.24, 2.45) is 11.8 Å².